The molecule has 3 N–H and O–H groups in total. The van der Waals surface area contributed by atoms with Crippen LogP contribution in [0.15, 0.2) is 18.2 Å². The summed E-state index contributed by atoms with van der Waals surface area (Å²) in [6.45, 7) is 4.60. The summed E-state index contributed by atoms with van der Waals surface area (Å²) in [4.78, 5) is 0. The first-order valence-electron chi connectivity index (χ1n) is 6.39. The second kappa shape index (κ2) is 8.37. The molecule has 1 aromatic carbocycles. The normalized spacial score (nSPS) is 10.0. The minimum Gasteiger partial charge on any atom is -0.398 e. The monoisotopic (exact) mass is 247 g/mol. The highest BCUT2D eigenvalue weighted by Crippen LogP contribution is 2.16. The van der Waals surface area contributed by atoms with Crippen molar-refractivity contribution in [1.82, 2.24) is 0 Å². The predicted octanol–water partition coefficient (Wildman–Crippen LogP) is 2.76. The van der Waals surface area contributed by atoms with E-state index in [1.807, 2.05) is 6.07 Å². The Balaban J connectivity index is 2.22. The number of nitrogens with zero attached hydrogens (tertiary/aromatic N) is 1. The van der Waals surface area contributed by atoms with Crippen molar-refractivity contribution >= 4 is 11.4 Å². The Morgan fingerprint density at radius 2 is 2.11 bits per heavy atom. The minimum atomic E-state index is 0.513. The van der Waals surface area contributed by atoms with Gasteiger partial charge >= 0.3 is 0 Å². The zero-order valence-electron chi connectivity index (χ0n) is 10.9. The van der Waals surface area contributed by atoms with Crippen molar-refractivity contribution in [2.45, 2.75) is 26.2 Å². The molecule has 0 aromatic heterocycles. The maximum Gasteiger partial charge on any atom is 0.101 e. The third-order valence-corrected chi connectivity index (χ3v) is 2.61. The van der Waals surface area contributed by atoms with Crippen molar-refractivity contribution in [2.24, 2.45) is 0 Å². The summed E-state index contributed by atoms with van der Waals surface area (Å²) in [7, 11) is 0. The molecule has 0 saturated heterocycles. The number of benzene rings is 1. The number of anilines is 2. The fourth-order valence-corrected chi connectivity index (χ4v) is 1.52. The van der Waals surface area contributed by atoms with Crippen LogP contribution in [0, 0.1) is 11.3 Å². The molecule has 1 rings (SSSR count). The first-order chi connectivity index (χ1) is 8.77. The van der Waals surface area contributed by atoms with Crippen molar-refractivity contribution in [2.75, 3.05) is 30.8 Å². The van der Waals surface area contributed by atoms with Crippen LogP contribution < -0.4 is 11.1 Å². The Hall–Kier alpha value is -1.73. The molecule has 1 aromatic rings. The molecule has 0 spiro atoms. The molecule has 0 radical (unpaired) electrons. The number of nitriles is 1. The van der Waals surface area contributed by atoms with Crippen LogP contribution in [0.1, 0.15) is 31.7 Å². The Kier molecular flexibility index (Phi) is 6.67. The third kappa shape index (κ3) is 5.07. The van der Waals surface area contributed by atoms with E-state index in [1.165, 1.54) is 6.42 Å². The number of nitrogens with one attached hydrogen (secondary N) is 1. The maximum atomic E-state index is 8.86. The molecule has 4 heteroatoms. The summed E-state index contributed by atoms with van der Waals surface area (Å²) in [5.74, 6) is 0. The van der Waals surface area contributed by atoms with Gasteiger partial charge < -0.3 is 15.8 Å². The first kappa shape index (κ1) is 14.3. The van der Waals surface area contributed by atoms with Gasteiger partial charge in [-0.05, 0) is 31.0 Å². The zero-order valence-corrected chi connectivity index (χ0v) is 10.9. The van der Waals surface area contributed by atoms with Gasteiger partial charge in [0.1, 0.15) is 6.07 Å². The first-order valence-corrected chi connectivity index (χ1v) is 6.39. The van der Waals surface area contributed by atoms with Gasteiger partial charge in [0.05, 0.1) is 5.56 Å². The summed E-state index contributed by atoms with van der Waals surface area (Å²) >= 11 is 0. The molecule has 0 amide bonds. The molecule has 0 aliphatic rings. The quantitative estimate of drug-likeness (QED) is 0.547. The van der Waals surface area contributed by atoms with Crippen LogP contribution >= 0.6 is 0 Å². The van der Waals surface area contributed by atoms with Crippen LogP contribution in [0.25, 0.3) is 0 Å². The number of rotatable bonds is 8. The summed E-state index contributed by atoms with van der Waals surface area (Å²) in [5.41, 5.74) is 7.61. The van der Waals surface area contributed by atoms with E-state index in [0.717, 1.165) is 38.3 Å². The van der Waals surface area contributed by atoms with E-state index in [-0.39, 0.29) is 0 Å². The molecule has 0 heterocycles. The van der Waals surface area contributed by atoms with E-state index in [0.29, 0.717) is 11.3 Å². The predicted molar refractivity (Wildman–Crippen MR) is 74.4 cm³/mol. The second-order valence-corrected chi connectivity index (χ2v) is 4.16. The highest BCUT2D eigenvalue weighted by Gasteiger charge is 1.99. The Labute approximate surface area is 109 Å². The van der Waals surface area contributed by atoms with Crippen LogP contribution in [0.2, 0.25) is 0 Å². The fraction of sp³-hybridized carbons (Fsp3) is 0.500. The summed E-state index contributed by atoms with van der Waals surface area (Å²) in [6.07, 6.45) is 3.24. The van der Waals surface area contributed by atoms with E-state index < -0.39 is 0 Å². The molecule has 0 bridgehead atoms. The Morgan fingerprint density at radius 1 is 1.33 bits per heavy atom. The number of nitrogens with two attached hydrogens (primary N) is 1. The van der Waals surface area contributed by atoms with Crippen molar-refractivity contribution in [3.05, 3.63) is 23.8 Å². The number of unbranched alkanes of at least 4 members (excludes halogenated alkanes) is 1. The molecule has 98 valence electrons. The average Bonchev–Trinajstić information content (AvgIpc) is 2.39. The molecule has 0 unspecified atom stereocenters. The van der Waals surface area contributed by atoms with Crippen LogP contribution in [-0.4, -0.2) is 19.8 Å². The molecule has 0 saturated carbocycles. The lowest BCUT2D eigenvalue weighted by Crippen LogP contribution is -2.06. The molecule has 0 fully saturated rings. The lowest BCUT2D eigenvalue weighted by molar-refractivity contribution is 0.131. The van der Waals surface area contributed by atoms with Gasteiger partial charge in [0, 0.05) is 31.1 Å². The zero-order chi connectivity index (χ0) is 13.2. The van der Waals surface area contributed by atoms with E-state index in [2.05, 4.69) is 18.3 Å². The van der Waals surface area contributed by atoms with Gasteiger partial charge in [-0.1, -0.05) is 13.3 Å². The third-order valence-electron chi connectivity index (χ3n) is 2.61. The molecule has 4 nitrogen and oxygen atoms in total. The number of hydrogen-bond acceptors (Lipinski definition) is 4. The summed E-state index contributed by atoms with van der Waals surface area (Å²) in [6, 6.07) is 7.47. The molecule has 18 heavy (non-hydrogen) atoms. The van der Waals surface area contributed by atoms with Gasteiger partial charge in [0.2, 0.25) is 0 Å². The van der Waals surface area contributed by atoms with Gasteiger partial charge in [-0.15, -0.1) is 0 Å². The van der Waals surface area contributed by atoms with E-state index in [9.17, 15) is 0 Å². The minimum absolute atomic E-state index is 0.513. The van der Waals surface area contributed by atoms with Crippen molar-refractivity contribution in [3.63, 3.8) is 0 Å². The highest BCUT2D eigenvalue weighted by atomic mass is 16.5. The average molecular weight is 247 g/mol. The number of ether oxygens (including phenoxy) is 1. The molecular weight excluding hydrogens is 226 g/mol. The molecule has 0 atom stereocenters. The van der Waals surface area contributed by atoms with E-state index in [1.54, 1.807) is 12.1 Å². The Bertz CT molecular complexity index is 399. The van der Waals surface area contributed by atoms with Crippen LogP contribution in [0.5, 0.6) is 0 Å². The summed E-state index contributed by atoms with van der Waals surface area (Å²) in [5, 5.41) is 12.1. The topological polar surface area (TPSA) is 71.1 Å². The Morgan fingerprint density at radius 3 is 2.83 bits per heavy atom. The molecular formula is C14H21N3O. The van der Waals surface area contributed by atoms with Crippen LogP contribution in [0.4, 0.5) is 11.4 Å². The van der Waals surface area contributed by atoms with Gasteiger partial charge in [-0.25, -0.2) is 0 Å². The highest BCUT2D eigenvalue weighted by molar-refractivity contribution is 5.61. The van der Waals surface area contributed by atoms with Crippen LogP contribution in [0.3, 0.4) is 0 Å². The van der Waals surface area contributed by atoms with Gasteiger partial charge in [-0.2, -0.15) is 5.26 Å². The van der Waals surface area contributed by atoms with Crippen molar-refractivity contribution < 1.29 is 4.74 Å². The standard InChI is InChI=1S/C14H21N3O/c1-2-3-8-18-9-4-7-17-13-5-6-14(16)12(10-13)11-15/h5-6,10,17H,2-4,7-9,16H2,1H3. The lowest BCUT2D eigenvalue weighted by Gasteiger charge is -2.08. The lowest BCUT2D eigenvalue weighted by atomic mass is 10.2. The molecule has 0 aliphatic heterocycles. The fourth-order valence-electron chi connectivity index (χ4n) is 1.52. The van der Waals surface area contributed by atoms with Gasteiger partial charge in [0.25, 0.3) is 0 Å². The largest absolute Gasteiger partial charge is 0.398 e. The van der Waals surface area contributed by atoms with Gasteiger partial charge in [-0.3, -0.25) is 0 Å². The summed E-state index contributed by atoms with van der Waals surface area (Å²) < 4.78 is 5.46. The van der Waals surface area contributed by atoms with Crippen molar-refractivity contribution in [3.8, 4) is 6.07 Å². The SMILES string of the molecule is CCCCOCCCNc1ccc(N)c(C#N)c1. The van der Waals surface area contributed by atoms with Crippen LogP contribution in [-0.2, 0) is 4.74 Å². The number of hydrogen-bond donors (Lipinski definition) is 2. The molecule has 0 aliphatic carbocycles. The smallest absolute Gasteiger partial charge is 0.101 e. The number of nitrogen functional groups attached to an aromatic ring is 1. The van der Waals surface area contributed by atoms with Gasteiger partial charge in [0.15, 0.2) is 0 Å². The van der Waals surface area contributed by atoms with Crippen molar-refractivity contribution in [1.29, 1.82) is 5.26 Å². The van der Waals surface area contributed by atoms with E-state index >= 15 is 0 Å². The van der Waals surface area contributed by atoms with E-state index in [4.69, 9.17) is 15.7 Å². The maximum absolute atomic E-state index is 8.86. The second-order valence-electron chi connectivity index (χ2n) is 4.16.